The molecule has 1 atom stereocenters. The van der Waals surface area contributed by atoms with Crippen LogP contribution in [0.2, 0.25) is 0 Å². The van der Waals surface area contributed by atoms with E-state index in [-0.39, 0.29) is 11.6 Å². The predicted molar refractivity (Wildman–Crippen MR) is 160 cm³/mol. The average Bonchev–Trinajstić information content (AvgIpc) is 3.44. The molecule has 2 bridgehead atoms. The number of aromatic amines is 2. The third-order valence-corrected chi connectivity index (χ3v) is 8.54. The fourth-order valence-corrected chi connectivity index (χ4v) is 6.41. The second kappa shape index (κ2) is 10.1. The van der Waals surface area contributed by atoms with E-state index >= 15 is 0 Å². The van der Waals surface area contributed by atoms with Crippen LogP contribution in [0.3, 0.4) is 0 Å². The smallest absolute Gasteiger partial charge is 0.337 e. The number of para-hydroxylation sites is 2. The van der Waals surface area contributed by atoms with E-state index in [1.165, 1.54) is 7.11 Å². The lowest BCUT2D eigenvalue weighted by Crippen LogP contribution is -2.53. The highest BCUT2D eigenvalue weighted by Gasteiger charge is 2.35. The number of benzene rings is 3. The molecule has 3 N–H and O–H groups in total. The number of anilines is 1. The zero-order valence-corrected chi connectivity index (χ0v) is 23.0. The van der Waals surface area contributed by atoms with Gasteiger partial charge in [0.25, 0.3) is 5.56 Å². The summed E-state index contributed by atoms with van der Waals surface area (Å²) in [5.74, 6) is 1.23. The first-order chi connectivity index (χ1) is 20.0. The van der Waals surface area contributed by atoms with Crippen LogP contribution >= 0.6 is 0 Å². The number of fused-ring (bicyclic) bond motifs is 5. The Labute approximate surface area is 236 Å². The maximum absolute atomic E-state index is 13.8. The van der Waals surface area contributed by atoms with Crippen molar-refractivity contribution in [1.29, 1.82) is 0 Å². The minimum Gasteiger partial charge on any atom is -0.496 e. The molecule has 3 saturated heterocycles. The summed E-state index contributed by atoms with van der Waals surface area (Å²) in [4.78, 5) is 39.8. The van der Waals surface area contributed by atoms with Crippen LogP contribution in [0.5, 0.6) is 5.75 Å². The van der Waals surface area contributed by atoms with Gasteiger partial charge in [-0.15, -0.1) is 0 Å². The largest absolute Gasteiger partial charge is 0.496 e. The fourth-order valence-electron chi connectivity index (χ4n) is 6.41. The van der Waals surface area contributed by atoms with Crippen LogP contribution in [0, 0.1) is 5.92 Å². The fraction of sp³-hybridized carbons (Fsp3) is 0.281. The highest BCUT2D eigenvalue weighted by Crippen LogP contribution is 2.40. The Balaban J connectivity index is 1.46. The van der Waals surface area contributed by atoms with E-state index in [1.54, 1.807) is 19.2 Å². The van der Waals surface area contributed by atoms with E-state index in [0.29, 0.717) is 34.1 Å². The number of nitrogens with one attached hydrogen (secondary N) is 3. The van der Waals surface area contributed by atoms with Crippen LogP contribution in [0.15, 0.2) is 65.5 Å². The molecule has 3 fully saturated rings. The third kappa shape index (κ3) is 4.42. The van der Waals surface area contributed by atoms with Gasteiger partial charge in [-0.25, -0.2) is 9.78 Å². The molecule has 3 aromatic carbocycles. The second-order valence-corrected chi connectivity index (χ2v) is 10.9. The first-order valence-electron chi connectivity index (χ1n) is 13.9. The molecular weight excluding hydrogens is 518 g/mol. The molecule has 3 aliphatic heterocycles. The van der Waals surface area contributed by atoms with Crippen LogP contribution < -0.4 is 15.6 Å². The summed E-state index contributed by atoms with van der Waals surface area (Å²) in [6, 6.07) is 19.1. The molecule has 0 aliphatic carbocycles. The zero-order chi connectivity index (χ0) is 28.1. The molecular formula is C32H31N5O4. The minimum absolute atomic E-state index is 0.207. The number of nitrogens with zero attached hydrogens (tertiary/aromatic N) is 2. The first-order valence-corrected chi connectivity index (χ1v) is 13.9. The van der Waals surface area contributed by atoms with Crippen molar-refractivity contribution in [2.45, 2.75) is 18.9 Å². The average molecular weight is 550 g/mol. The lowest BCUT2D eigenvalue weighted by atomic mass is 9.83. The Morgan fingerprint density at radius 2 is 1.83 bits per heavy atom. The summed E-state index contributed by atoms with van der Waals surface area (Å²) >= 11 is 0. The SMILES string of the molecule is COC(=O)c1cccc(-c2cc3c(N[C@H]4CN5CCC4CC5)c(-c4nc5ccccc5[nH]4)c(=O)[nH]c3cc2OC)c1. The normalized spacial score (nSPS) is 19.9. The second-order valence-electron chi connectivity index (χ2n) is 10.9. The van der Waals surface area contributed by atoms with Gasteiger partial charge in [-0.2, -0.15) is 0 Å². The first kappa shape index (κ1) is 25.3. The Morgan fingerprint density at radius 3 is 2.56 bits per heavy atom. The molecule has 0 saturated carbocycles. The van der Waals surface area contributed by atoms with Gasteiger partial charge < -0.3 is 29.7 Å². The number of H-pyrrole nitrogens is 2. The Kier molecular flexibility index (Phi) is 6.23. The molecule has 0 radical (unpaired) electrons. The van der Waals surface area contributed by atoms with Crippen molar-refractivity contribution in [3.05, 3.63) is 76.6 Å². The standard InChI is InChI=1S/C32H31N5O4/c1-40-27-16-25-22(15-21(27)19-6-5-7-20(14-19)32(39)41-2)29(33-26-17-37-12-10-18(26)11-13-37)28(31(38)36-25)30-34-23-8-3-4-9-24(23)35-30/h3-9,14-16,18,26H,10-13,17H2,1-2H3,(H,34,35)(H2,33,36,38)/t26-/m0/s1. The monoisotopic (exact) mass is 549 g/mol. The molecule has 8 rings (SSSR count). The highest BCUT2D eigenvalue weighted by molar-refractivity contribution is 6.03. The van der Waals surface area contributed by atoms with Crippen molar-refractivity contribution >= 4 is 33.6 Å². The van der Waals surface area contributed by atoms with E-state index in [1.807, 2.05) is 48.5 Å². The van der Waals surface area contributed by atoms with Crippen molar-refractivity contribution in [3.8, 4) is 28.3 Å². The van der Waals surface area contributed by atoms with Crippen molar-refractivity contribution in [3.63, 3.8) is 0 Å². The molecule has 3 aliphatic rings. The van der Waals surface area contributed by atoms with Crippen LogP contribution in [0.25, 0.3) is 44.5 Å². The molecule has 0 spiro atoms. The number of hydrogen-bond donors (Lipinski definition) is 3. The molecule has 9 heteroatoms. The van der Waals surface area contributed by atoms with Gasteiger partial charge in [-0.1, -0.05) is 24.3 Å². The molecule has 9 nitrogen and oxygen atoms in total. The Bertz CT molecular complexity index is 1820. The topological polar surface area (TPSA) is 112 Å². The predicted octanol–water partition coefficient (Wildman–Crippen LogP) is 5.04. The summed E-state index contributed by atoms with van der Waals surface area (Å²) in [6.07, 6.45) is 2.27. The van der Waals surface area contributed by atoms with Gasteiger partial charge in [0.2, 0.25) is 0 Å². The van der Waals surface area contributed by atoms with Gasteiger partial charge in [-0.3, -0.25) is 4.79 Å². The van der Waals surface area contributed by atoms with E-state index in [2.05, 4.69) is 20.2 Å². The van der Waals surface area contributed by atoms with Crippen LogP contribution in [0.4, 0.5) is 5.69 Å². The summed E-state index contributed by atoms with van der Waals surface area (Å²) < 4.78 is 10.7. The number of methoxy groups -OCH3 is 2. The van der Waals surface area contributed by atoms with E-state index in [4.69, 9.17) is 14.5 Å². The molecule has 5 heterocycles. The molecule has 41 heavy (non-hydrogen) atoms. The maximum Gasteiger partial charge on any atom is 0.337 e. The Hall–Kier alpha value is -4.63. The van der Waals surface area contributed by atoms with Gasteiger partial charge in [0.15, 0.2) is 0 Å². The number of rotatable bonds is 6. The number of hydrogen-bond acceptors (Lipinski definition) is 7. The highest BCUT2D eigenvalue weighted by atomic mass is 16.5. The summed E-state index contributed by atoms with van der Waals surface area (Å²) in [7, 11) is 2.97. The van der Waals surface area contributed by atoms with Gasteiger partial charge in [0.05, 0.1) is 42.0 Å². The third-order valence-electron chi connectivity index (χ3n) is 8.54. The Morgan fingerprint density at radius 1 is 1.00 bits per heavy atom. The number of piperidine rings is 3. The number of aromatic nitrogens is 3. The summed E-state index contributed by atoms with van der Waals surface area (Å²) in [5, 5.41) is 4.67. The molecule has 208 valence electrons. The number of esters is 1. The van der Waals surface area contributed by atoms with E-state index < -0.39 is 5.97 Å². The molecule has 2 aromatic heterocycles. The van der Waals surface area contributed by atoms with Crippen LogP contribution in [-0.2, 0) is 4.74 Å². The van der Waals surface area contributed by atoms with E-state index in [9.17, 15) is 9.59 Å². The number of ether oxygens (including phenoxy) is 2. The van der Waals surface area contributed by atoms with Crippen molar-refractivity contribution in [2.75, 3.05) is 39.2 Å². The van der Waals surface area contributed by atoms with Gasteiger partial charge in [0.1, 0.15) is 17.1 Å². The molecule has 0 unspecified atom stereocenters. The van der Waals surface area contributed by atoms with Gasteiger partial charge in [-0.05, 0) is 67.7 Å². The number of pyridine rings is 1. The summed E-state index contributed by atoms with van der Waals surface area (Å²) in [6.45, 7) is 3.17. The number of imidazole rings is 1. The van der Waals surface area contributed by atoms with Crippen molar-refractivity contribution < 1.29 is 14.3 Å². The molecule has 5 aromatic rings. The lowest BCUT2D eigenvalue weighted by Gasteiger charge is -2.45. The minimum atomic E-state index is -0.409. The van der Waals surface area contributed by atoms with Gasteiger partial charge >= 0.3 is 5.97 Å². The lowest BCUT2D eigenvalue weighted by molar-refractivity contribution is 0.0600. The maximum atomic E-state index is 13.8. The van der Waals surface area contributed by atoms with Gasteiger partial charge in [0, 0.05) is 29.6 Å². The van der Waals surface area contributed by atoms with Crippen LogP contribution in [0.1, 0.15) is 23.2 Å². The van der Waals surface area contributed by atoms with Crippen molar-refractivity contribution in [2.24, 2.45) is 5.92 Å². The van der Waals surface area contributed by atoms with E-state index in [0.717, 1.165) is 65.7 Å². The zero-order valence-electron chi connectivity index (χ0n) is 23.0. The number of carbonyl (C=O) groups is 1. The molecule has 0 amide bonds. The quantitative estimate of drug-likeness (QED) is 0.255. The number of carbonyl (C=O) groups excluding carboxylic acids is 1. The van der Waals surface area contributed by atoms with Crippen molar-refractivity contribution in [1.82, 2.24) is 19.9 Å². The van der Waals surface area contributed by atoms with Crippen LogP contribution in [-0.4, -0.2) is 65.7 Å². The summed E-state index contributed by atoms with van der Waals surface area (Å²) in [5.41, 5.74) is 5.35.